The van der Waals surface area contributed by atoms with Crippen LogP contribution in [0.1, 0.15) is 5.56 Å². The molecule has 0 saturated carbocycles. The molecule has 2 N–H and O–H groups in total. The maximum Gasteiger partial charge on any atom is 0.186 e. The Labute approximate surface area is 111 Å². The molecule has 0 unspecified atom stereocenters. The van der Waals surface area contributed by atoms with Crippen LogP contribution in [0.4, 0.5) is 23.2 Å². The van der Waals surface area contributed by atoms with Crippen molar-refractivity contribution in [2.24, 2.45) is 5.10 Å². The van der Waals surface area contributed by atoms with Gasteiger partial charge in [0.05, 0.1) is 6.21 Å². The number of rotatable bonds is 3. The highest BCUT2D eigenvalue weighted by molar-refractivity contribution is 5.83. The summed E-state index contributed by atoms with van der Waals surface area (Å²) in [5, 5.41) is 12.8. The monoisotopic (exact) mass is 284 g/mol. The molecule has 0 heterocycles. The second-order valence-electron chi connectivity index (χ2n) is 3.77. The predicted molar refractivity (Wildman–Crippen MR) is 65.6 cm³/mol. The van der Waals surface area contributed by atoms with E-state index < -0.39 is 29.0 Å². The van der Waals surface area contributed by atoms with E-state index >= 15 is 0 Å². The molecule has 0 spiro atoms. The van der Waals surface area contributed by atoms with Crippen LogP contribution in [0.15, 0.2) is 35.4 Å². The number of aromatic hydroxyl groups is 1. The fourth-order valence-corrected chi connectivity index (χ4v) is 1.43. The van der Waals surface area contributed by atoms with E-state index in [1.807, 2.05) is 5.43 Å². The molecule has 0 atom stereocenters. The van der Waals surface area contributed by atoms with Gasteiger partial charge in [0.25, 0.3) is 0 Å². The highest BCUT2D eigenvalue weighted by atomic mass is 19.2. The number of phenols is 1. The lowest BCUT2D eigenvalue weighted by Gasteiger charge is -2.05. The summed E-state index contributed by atoms with van der Waals surface area (Å²) < 4.78 is 52.4. The smallest absolute Gasteiger partial charge is 0.186 e. The Morgan fingerprint density at radius 3 is 2.20 bits per heavy atom. The van der Waals surface area contributed by atoms with E-state index in [2.05, 4.69) is 5.10 Å². The van der Waals surface area contributed by atoms with Crippen molar-refractivity contribution in [2.75, 3.05) is 5.43 Å². The van der Waals surface area contributed by atoms with Crippen LogP contribution in [0, 0.1) is 23.3 Å². The van der Waals surface area contributed by atoms with E-state index in [1.165, 1.54) is 12.1 Å². The molecule has 3 nitrogen and oxygen atoms in total. The van der Waals surface area contributed by atoms with Gasteiger partial charge in [-0.15, -0.1) is 0 Å². The summed E-state index contributed by atoms with van der Waals surface area (Å²) in [5.41, 5.74) is 1.08. The number of benzene rings is 2. The van der Waals surface area contributed by atoms with Crippen LogP contribution in [0.5, 0.6) is 5.75 Å². The minimum Gasteiger partial charge on any atom is -0.507 e. The molecule has 0 aliphatic rings. The second-order valence-corrected chi connectivity index (χ2v) is 3.77. The molecule has 2 rings (SSSR count). The van der Waals surface area contributed by atoms with Crippen LogP contribution in [-0.2, 0) is 0 Å². The molecule has 2 aromatic rings. The van der Waals surface area contributed by atoms with Crippen LogP contribution in [0.25, 0.3) is 0 Å². The highest BCUT2D eigenvalue weighted by Crippen LogP contribution is 2.24. The van der Waals surface area contributed by atoms with Crippen molar-refractivity contribution in [3.63, 3.8) is 0 Å². The summed E-state index contributed by atoms with van der Waals surface area (Å²) in [6, 6.07) is 6.14. The first-order chi connectivity index (χ1) is 9.50. The fraction of sp³-hybridized carbons (Fsp3) is 0. The zero-order valence-electron chi connectivity index (χ0n) is 9.87. The van der Waals surface area contributed by atoms with Crippen molar-refractivity contribution in [1.82, 2.24) is 0 Å². The van der Waals surface area contributed by atoms with Crippen LogP contribution in [0.3, 0.4) is 0 Å². The molecule has 0 fully saturated rings. The maximum absolute atomic E-state index is 13.3. The third-order valence-corrected chi connectivity index (χ3v) is 2.43. The lowest BCUT2D eigenvalue weighted by atomic mass is 10.2. The van der Waals surface area contributed by atoms with E-state index in [4.69, 9.17) is 0 Å². The van der Waals surface area contributed by atoms with Gasteiger partial charge < -0.3 is 5.11 Å². The summed E-state index contributed by atoms with van der Waals surface area (Å²) in [6.07, 6.45) is 1.05. The molecule has 104 valence electrons. The summed E-state index contributed by atoms with van der Waals surface area (Å²) in [7, 11) is 0. The number of phenolic OH excluding ortho intramolecular Hbond substituents is 1. The van der Waals surface area contributed by atoms with Crippen LogP contribution in [-0.4, -0.2) is 11.3 Å². The quantitative estimate of drug-likeness (QED) is 0.393. The number of nitrogens with one attached hydrogen (secondary N) is 1. The average Bonchev–Trinajstić information content (AvgIpc) is 2.42. The number of hydrazone groups is 1. The largest absolute Gasteiger partial charge is 0.507 e. The lowest BCUT2D eigenvalue weighted by molar-refractivity contribution is 0.458. The molecule has 0 amide bonds. The normalized spacial score (nSPS) is 11.0. The van der Waals surface area contributed by atoms with Crippen molar-refractivity contribution >= 4 is 11.9 Å². The highest BCUT2D eigenvalue weighted by Gasteiger charge is 2.18. The SMILES string of the molecule is Oc1ccccc1/C=N/Nc1c(F)c(F)cc(F)c1F. The van der Waals surface area contributed by atoms with Crippen molar-refractivity contribution in [1.29, 1.82) is 0 Å². The number of anilines is 1. The standard InChI is InChI=1S/C13H8F4N2O/c14-8-5-9(15)12(17)13(11(8)16)19-18-6-7-3-1-2-4-10(7)20/h1-6,19-20H/b18-6+. The zero-order chi connectivity index (χ0) is 14.7. The van der Waals surface area contributed by atoms with Crippen LogP contribution in [0.2, 0.25) is 0 Å². The summed E-state index contributed by atoms with van der Waals surface area (Å²) >= 11 is 0. The van der Waals surface area contributed by atoms with Gasteiger partial charge in [0.15, 0.2) is 23.3 Å². The topological polar surface area (TPSA) is 44.6 Å². The minimum atomic E-state index is -1.58. The molecular formula is C13H8F4N2O. The average molecular weight is 284 g/mol. The number of halogens is 4. The Morgan fingerprint density at radius 1 is 1.00 bits per heavy atom. The predicted octanol–water partition coefficient (Wildman–Crippen LogP) is 3.39. The van der Waals surface area contributed by atoms with Gasteiger partial charge in [-0.1, -0.05) is 12.1 Å². The van der Waals surface area contributed by atoms with E-state index in [1.54, 1.807) is 12.1 Å². The van der Waals surface area contributed by atoms with E-state index in [0.717, 1.165) is 6.21 Å². The van der Waals surface area contributed by atoms with Gasteiger partial charge in [-0.2, -0.15) is 5.10 Å². The Balaban J connectivity index is 2.26. The first kappa shape index (κ1) is 13.9. The summed E-state index contributed by atoms with van der Waals surface area (Å²) in [6.45, 7) is 0. The minimum absolute atomic E-state index is 0.0998. The molecule has 0 aliphatic heterocycles. The summed E-state index contributed by atoms with van der Waals surface area (Å²) in [5.74, 6) is -6.35. The first-order valence-electron chi connectivity index (χ1n) is 5.40. The van der Waals surface area contributed by atoms with Crippen molar-refractivity contribution < 1.29 is 22.7 Å². The molecule has 0 aromatic heterocycles. The molecule has 0 radical (unpaired) electrons. The van der Waals surface area contributed by atoms with Crippen LogP contribution < -0.4 is 5.43 Å². The number of hydrogen-bond donors (Lipinski definition) is 2. The lowest BCUT2D eigenvalue weighted by Crippen LogP contribution is -2.02. The second kappa shape index (κ2) is 5.60. The van der Waals surface area contributed by atoms with Crippen molar-refractivity contribution in [3.8, 4) is 5.75 Å². The molecule has 2 aromatic carbocycles. The van der Waals surface area contributed by atoms with Crippen molar-refractivity contribution in [2.45, 2.75) is 0 Å². The first-order valence-corrected chi connectivity index (χ1v) is 5.40. The number of para-hydroxylation sites is 1. The van der Waals surface area contributed by atoms with Gasteiger partial charge in [-0.3, -0.25) is 5.43 Å². The van der Waals surface area contributed by atoms with Gasteiger partial charge in [-0.25, -0.2) is 17.6 Å². The number of hydrogen-bond acceptors (Lipinski definition) is 3. The van der Waals surface area contributed by atoms with E-state index in [-0.39, 0.29) is 17.4 Å². The van der Waals surface area contributed by atoms with E-state index in [9.17, 15) is 22.7 Å². The van der Waals surface area contributed by atoms with Gasteiger partial charge in [0, 0.05) is 11.6 Å². The third kappa shape index (κ3) is 2.71. The fourth-order valence-electron chi connectivity index (χ4n) is 1.43. The molecule has 20 heavy (non-hydrogen) atoms. The Bertz CT molecular complexity index is 647. The summed E-state index contributed by atoms with van der Waals surface area (Å²) in [4.78, 5) is 0. The molecule has 0 bridgehead atoms. The van der Waals surface area contributed by atoms with Crippen molar-refractivity contribution in [3.05, 3.63) is 59.2 Å². The molecule has 7 heteroatoms. The zero-order valence-corrected chi connectivity index (χ0v) is 9.87. The molecule has 0 saturated heterocycles. The van der Waals surface area contributed by atoms with Gasteiger partial charge in [-0.05, 0) is 12.1 Å². The Kier molecular flexibility index (Phi) is 3.88. The Morgan fingerprint density at radius 2 is 1.60 bits per heavy atom. The molecular weight excluding hydrogens is 276 g/mol. The van der Waals surface area contributed by atoms with E-state index in [0.29, 0.717) is 0 Å². The third-order valence-electron chi connectivity index (χ3n) is 2.43. The Hall–Kier alpha value is -2.57. The number of nitrogens with zero attached hydrogens (tertiary/aromatic N) is 1. The van der Waals surface area contributed by atoms with Gasteiger partial charge in [0.1, 0.15) is 11.4 Å². The van der Waals surface area contributed by atoms with Gasteiger partial charge >= 0.3 is 0 Å². The maximum atomic E-state index is 13.3. The molecule has 0 aliphatic carbocycles. The van der Waals surface area contributed by atoms with Gasteiger partial charge in [0.2, 0.25) is 0 Å². The van der Waals surface area contributed by atoms with Crippen LogP contribution >= 0.6 is 0 Å².